The van der Waals surface area contributed by atoms with Crippen LogP contribution in [0.4, 0.5) is 4.79 Å². The third kappa shape index (κ3) is 2.92. The Morgan fingerprint density at radius 2 is 1.63 bits per heavy atom. The highest BCUT2D eigenvalue weighted by Crippen LogP contribution is 2.29. The second kappa shape index (κ2) is 6.78. The molecule has 4 rings (SSSR count). The summed E-state index contributed by atoms with van der Waals surface area (Å²) in [5.41, 5.74) is 2.00. The van der Waals surface area contributed by atoms with Gasteiger partial charge in [-0.15, -0.1) is 12.3 Å². The highest BCUT2D eigenvalue weighted by Gasteiger charge is 2.38. The zero-order chi connectivity index (χ0) is 19.0. The van der Waals surface area contributed by atoms with E-state index < -0.39 is 18.2 Å². The minimum Gasteiger partial charge on any atom is -0.389 e. The number of para-hydroxylation sites is 2. The Kier molecular flexibility index (Phi) is 4.30. The fourth-order valence-electron chi connectivity index (χ4n) is 3.69. The van der Waals surface area contributed by atoms with E-state index in [1.165, 1.54) is 0 Å². The molecule has 1 saturated heterocycles. The average molecular weight is 361 g/mol. The summed E-state index contributed by atoms with van der Waals surface area (Å²) in [6.45, 7) is 0.192. The molecule has 1 fully saturated rings. The maximum Gasteiger partial charge on any atom is 0.324 e. The van der Waals surface area contributed by atoms with Crippen molar-refractivity contribution in [3.63, 3.8) is 0 Å². The van der Waals surface area contributed by atoms with Gasteiger partial charge in [0.15, 0.2) is 0 Å². The number of amides is 3. The Hall–Kier alpha value is -3.30. The number of nitrogens with zero attached hydrogens (tertiary/aromatic N) is 2. The maximum atomic E-state index is 12.3. The molecule has 1 aliphatic heterocycles. The monoisotopic (exact) mass is 361 g/mol. The van der Waals surface area contributed by atoms with Crippen LogP contribution in [0.2, 0.25) is 0 Å². The van der Waals surface area contributed by atoms with Crippen LogP contribution in [0.1, 0.15) is 6.42 Å². The zero-order valence-electron chi connectivity index (χ0n) is 14.6. The van der Waals surface area contributed by atoms with Crippen molar-refractivity contribution in [2.24, 2.45) is 0 Å². The van der Waals surface area contributed by atoms with Gasteiger partial charge >= 0.3 is 6.03 Å². The van der Waals surface area contributed by atoms with Gasteiger partial charge in [-0.1, -0.05) is 36.4 Å². The van der Waals surface area contributed by atoms with E-state index in [-0.39, 0.29) is 25.4 Å². The van der Waals surface area contributed by atoms with Crippen LogP contribution < -0.4 is 5.32 Å². The lowest BCUT2D eigenvalue weighted by atomic mass is 10.2. The molecule has 6 heteroatoms. The first kappa shape index (κ1) is 17.1. The van der Waals surface area contributed by atoms with Crippen LogP contribution in [0.15, 0.2) is 48.5 Å². The highest BCUT2D eigenvalue weighted by molar-refractivity contribution is 6.08. The third-order valence-corrected chi connectivity index (χ3v) is 4.90. The van der Waals surface area contributed by atoms with E-state index in [0.717, 1.165) is 26.7 Å². The smallest absolute Gasteiger partial charge is 0.324 e. The van der Waals surface area contributed by atoms with Gasteiger partial charge in [-0.2, -0.15) is 0 Å². The van der Waals surface area contributed by atoms with Crippen molar-refractivity contribution in [2.45, 2.75) is 25.1 Å². The quantitative estimate of drug-likeness (QED) is 0.540. The number of imide groups is 1. The second-order valence-corrected chi connectivity index (χ2v) is 6.66. The van der Waals surface area contributed by atoms with Crippen LogP contribution in [-0.2, 0) is 11.3 Å². The van der Waals surface area contributed by atoms with Gasteiger partial charge in [0.1, 0.15) is 6.04 Å². The molecule has 0 radical (unpaired) electrons. The number of fused-ring (bicyclic) bond motifs is 3. The topological polar surface area (TPSA) is 74.6 Å². The number of aromatic nitrogens is 1. The standard InChI is InChI=1S/C21H19N3O3/c1-2-7-17-20(26)24(21(27)22-17)13-14(25)12-23-18-10-5-3-8-15(18)16-9-4-6-11-19(16)23/h1,3-6,8-11,14,17,25H,7,12-13H2,(H,22,27)/t14-,17+/m1/s1. The van der Waals surface area contributed by atoms with Crippen molar-refractivity contribution < 1.29 is 14.7 Å². The first-order valence-electron chi connectivity index (χ1n) is 8.79. The number of hydrogen-bond acceptors (Lipinski definition) is 3. The fourth-order valence-corrected chi connectivity index (χ4v) is 3.69. The molecule has 1 aliphatic rings. The van der Waals surface area contributed by atoms with Gasteiger partial charge in [0, 0.05) is 28.2 Å². The number of carbonyl (C=O) groups excluding carboxylic acids is 2. The lowest BCUT2D eigenvalue weighted by molar-refractivity contribution is -0.128. The van der Waals surface area contributed by atoms with Gasteiger partial charge in [0.2, 0.25) is 0 Å². The molecule has 3 aromatic rings. The second-order valence-electron chi connectivity index (χ2n) is 6.66. The molecule has 2 N–H and O–H groups in total. The maximum absolute atomic E-state index is 12.3. The molecule has 2 aromatic carbocycles. The molecule has 0 spiro atoms. The van der Waals surface area contributed by atoms with Gasteiger partial charge in [-0.25, -0.2) is 4.79 Å². The van der Waals surface area contributed by atoms with E-state index in [9.17, 15) is 14.7 Å². The molecule has 136 valence electrons. The van der Waals surface area contributed by atoms with Crippen LogP contribution in [-0.4, -0.2) is 45.2 Å². The Labute approximate surface area is 156 Å². The predicted molar refractivity (Wildman–Crippen MR) is 103 cm³/mol. The van der Waals surface area contributed by atoms with Crippen molar-refractivity contribution in [1.29, 1.82) is 0 Å². The molecular weight excluding hydrogens is 342 g/mol. The number of hydrogen-bond donors (Lipinski definition) is 2. The SMILES string of the molecule is C#CC[C@@H]1NC(=O)N(C[C@H](O)Cn2c3ccccc3c3ccccc32)C1=O. The molecule has 0 bridgehead atoms. The van der Waals surface area contributed by atoms with Gasteiger partial charge in [-0.3, -0.25) is 9.69 Å². The lowest BCUT2D eigenvalue weighted by Crippen LogP contribution is -2.39. The largest absolute Gasteiger partial charge is 0.389 e. The van der Waals surface area contributed by atoms with Crippen LogP contribution >= 0.6 is 0 Å². The van der Waals surface area contributed by atoms with Gasteiger partial charge in [-0.05, 0) is 12.1 Å². The Balaban J connectivity index is 1.60. The van der Waals surface area contributed by atoms with E-state index in [0.29, 0.717) is 0 Å². The molecule has 0 unspecified atom stereocenters. The number of nitrogens with one attached hydrogen (secondary N) is 1. The number of rotatable bonds is 5. The average Bonchev–Trinajstić information content (AvgIpc) is 3.12. The summed E-state index contributed by atoms with van der Waals surface area (Å²) in [7, 11) is 0. The highest BCUT2D eigenvalue weighted by atomic mass is 16.3. The number of carbonyl (C=O) groups is 2. The Bertz CT molecular complexity index is 1030. The van der Waals surface area contributed by atoms with E-state index in [1.807, 2.05) is 53.1 Å². The minimum absolute atomic E-state index is 0.0768. The van der Waals surface area contributed by atoms with Crippen molar-refractivity contribution in [3.8, 4) is 12.3 Å². The molecule has 6 nitrogen and oxygen atoms in total. The number of terminal acetylenes is 1. The molecule has 0 saturated carbocycles. The van der Waals surface area contributed by atoms with Crippen molar-refractivity contribution in [3.05, 3.63) is 48.5 Å². The van der Waals surface area contributed by atoms with Crippen molar-refractivity contribution >= 4 is 33.7 Å². The summed E-state index contributed by atoms with van der Waals surface area (Å²) in [4.78, 5) is 25.4. The number of aliphatic hydroxyl groups excluding tert-OH is 1. The van der Waals surface area contributed by atoms with E-state index in [1.54, 1.807) is 0 Å². The summed E-state index contributed by atoms with van der Waals surface area (Å²) in [6, 6.07) is 14.7. The van der Waals surface area contributed by atoms with Gasteiger partial charge < -0.3 is 15.0 Å². The van der Waals surface area contributed by atoms with Gasteiger partial charge in [0.05, 0.1) is 19.2 Å². The van der Waals surface area contributed by atoms with Crippen LogP contribution in [0, 0.1) is 12.3 Å². The van der Waals surface area contributed by atoms with Crippen LogP contribution in [0.25, 0.3) is 21.8 Å². The number of aliphatic hydroxyl groups is 1. The van der Waals surface area contributed by atoms with Crippen LogP contribution in [0.5, 0.6) is 0 Å². The first-order valence-corrected chi connectivity index (χ1v) is 8.79. The molecule has 3 amide bonds. The molecule has 2 heterocycles. The van der Waals surface area contributed by atoms with Crippen molar-refractivity contribution in [1.82, 2.24) is 14.8 Å². The summed E-state index contributed by atoms with van der Waals surface area (Å²) >= 11 is 0. The fraction of sp³-hybridized carbons (Fsp3) is 0.238. The number of β-amino-alcohol motifs (C(OH)–C–C–N with tert-alkyl or cyclic N) is 1. The Morgan fingerprint density at radius 1 is 1.04 bits per heavy atom. The van der Waals surface area contributed by atoms with E-state index in [2.05, 4.69) is 11.2 Å². The zero-order valence-corrected chi connectivity index (χ0v) is 14.6. The number of urea groups is 1. The summed E-state index contributed by atoms with van der Waals surface area (Å²) in [5, 5.41) is 15.4. The normalized spacial score (nSPS) is 18.1. The molecular formula is C21H19N3O3. The van der Waals surface area contributed by atoms with Crippen molar-refractivity contribution in [2.75, 3.05) is 6.54 Å². The summed E-state index contributed by atoms with van der Waals surface area (Å²) in [5.74, 6) is 1.99. The third-order valence-electron chi connectivity index (χ3n) is 4.90. The lowest BCUT2D eigenvalue weighted by Gasteiger charge is -2.19. The molecule has 2 atom stereocenters. The molecule has 1 aromatic heterocycles. The van der Waals surface area contributed by atoms with E-state index >= 15 is 0 Å². The summed E-state index contributed by atoms with van der Waals surface area (Å²) < 4.78 is 2.02. The molecule has 27 heavy (non-hydrogen) atoms. The van der Waals surface area contributed by atoms with Crippen LogP contribution in [0.3, 0.4) is 0 Å². The first-order chi connectivity index (χ1) is 13.1. The number of benzene rings is 2. The predicted octanol–water partition coefficient (Wildman–Crippen LogP) is 2.10. The molecule has 0 aliphatic carbocycles. The summed E-state index contributed by atoms with van der Waals surface area (Å²) in [6.07, 6.45) is 4.48. The minimum atomic E-state index is -0.900. The van der Waals surface area contributed by atoms with Gasteiger partial charge in [0.25, 0.3) is 5.91 Å². The Morgan fingerprint density at radius 3 is 2.22 bits per heavy atom. The van der Waals surface area contributed by atoms with E-state index in [4.69, 9.17) is 6.42 Å².